The number of benzene rings is 2. The van der Waals surface area contributed by atoms with Gasteiger partial charge in [-0.1, -0.05) is 62.9 Å². The molecule has 0 radical (unpaired) electrons. The maximum atomic E-state index is 13.5. The Morgan fingerprint density at radius 3 is 2.47 bits per heavy atom. The molecule has 1 fully saturated rings. The molecule has 2 aromatic carbocycles. The van der Waals surface area contributed by atoms with Crippen LogP contribution < -0.4 is 15.4 Å². The van der Waals surface area contributed by atoms with Gasteiger partial charge in [0.05, 0.1) is 12.5 Å². The number of hydrogen-bond donors (Lipinski definition) is 3. The second-order valence-electron chi connectivity index (χ2n) is 12.9. The van der Waals surface area contributed by atoms with Crippen molar-refractivity contribution in [1.29, 1.82) is 0 Å². The number of methoxy groups -OCH3 is 1. The van der Waals surface area contributed by atoms with Gasteiger partial charge < -0.3 is 34.7 Å². The molecule has 2 heterocycles. The van der Waals surface area contributed by atoms with Gasteiger partial charge in [0.25, 0.3) is 0 Å². The van der Waals surface area contributed by atoms with Crippen LogP contribution in [0.15, 0.2) is 72.8 Å². The predicted molar refractivity (Wildman–Crippen MR) is 173 cm³/mol. The van der Waals surface area contributed by atoms with E-state index in [1.165, 1.54) is 19.3 Å². The van der Waals surface area contributed by atoms with Gasteiger partial charge in [0.15, 0.2) is 17.6 Å². The predicted octanol–water partition coefficient (Wildman–Crippen LogP) is 4.10. The van der Waals surface area contributed by atoms with Crippen molar-refractivity contribution in [2.75, 3.05) is 13.7 Å². The molecule has 3 N–H and O–H groups in total. The third-order valence-corrected chi connectivity index (χ3v) is 8.00. The number of rotatable bonds is 8. The minimum atomic E-state index is -1.23. The Morgan fingerprint density at radius 1 is 1.09 bits per heavy atom. The Labute approximate surface area is 275 Å². The molecule has 0 saturated carbocycles. The van der Waals surface area contributed by atoms with Crippen LogP contribution in [0.1, 0.15) is 57.8 Å². The number of hydrogen-bond acceptors (Lipinski definition) is 9. The van der Waals surface area contributed by atoms with Crippen LogP contribution in [0.3, 0.4) is 0 Å². The zero-order valence-electron chi connectivity index (χ0n) is 27.5. The molecule has 11 heteroatoms. The second-order valence-corrected chi connectivity index (χ2v) is 12.9. The summed E-state index contributed by atoms with van der Waals surface area (Å²) in [4.78, 5) is 53.4. The lowest BCUT2D eigenvalue weighted by Gasteiger charge is -2.28. The minimum absolute atomic E-state index is 0.0120. The van der Waals surface area contributed by atoms with Crippen LogP contribution in [0.2, 0.25) is 0 Å². The summed E-state index contributed by atoms with van der Waals surface area (Å²) in [6.45, 7) is 11.0. The van der Waals surface area contributed by atoms with Crippen molar-refractivity contribution in [3.63, 3.8) is 0 Å². The number of phenolic OH excluding ortho intramolecular Hbond substituents is 1. The Morgan fingerprint density at radius 2 is 1.81 bits per heavy atom. The van der Waals surface area contributed by atoms with E-state index >= 15 is 0 Å². The molecule has 0 aliphatic carbocycles. The van der Waals surface area contributed by atoms with Gasteiger partial charge in [-0.3, -0.25) is 14.4 Å². The van der Waals surface area contributed by atoms with E-state index in [-0.39, 0.29) is 49.3 Å². The zero-order chi connectivity index (χ0) is 34.3. The summed E-state index contributed by atoms with van der Waals surface area (Å²) in [5.74, 6) is -2.31. The lowest BCUT2D eigenvalue weighted by Crippen LogP contribution is -2.51. The molecule has 0 spiro atoms. The fourth-order valence-corrected chi connectivity index (χ4v) is 5.16. The molecule has 2 aliphatic heterocycles. The molecule has 4 rings (SSSR count). The number of epoxide rings is 1. The van der Waals surface area contributed by atoms with Crippen molar-refractivity contribution in [3.8, 4) is 11.5 Å². The van der Waals surface area contributed by atoms with Gasteiger partial charge in [-0.25, -0.2) is 4.79 Å². The monoisotopic (exact) mass is 648 g/mol. The van der Waals surface area contributed by atoms with E-state index in [0.717, 1.165) is 5.56 Å². The molecule has 11 nitrogen and oxygen atoms in total. The average Bonchev–Trinajstić information content (AvgIpc) is 3.83. The first-order valence-electron chi connectivity index (χ1n) is 15.7. The lowest BCUT2D eigenvalue weighted by atomic mass is 9.93. The Bertz CT molecular complexity index is 1500. The minimum Gasteiger partial charge on any atom is -0.504 e. The summed E-state index contributed by atoms with van der Waals surface area (Å²) < 4.78 is 22.6. The van der Waals surface area contributed by atoms with E-state index in [0.29, 0.717) is 11.1 Å². The van der Waals surface area contributed by atoms with Gasteiger partial charge in [-0.2, -0.15) is 0 Å². The molecule has 2 amide bonds. The van der Waals surface area contributed by atoms with Crippen molar-refractivity contribution < 1.29 is 43.2 Å². The summed E-state index contributed by atoms with van der Waals surface area (Å²) in [5.41, 5.74) is 0.758. The summed E-state index contributed by atoms with van der Waals surface area (Å²) >= 11 is 0. The highest BCUT2D eigenvalue weighted by molar-refractivity contribution is 5.89. The smallest absolute Gasteiger partial charge is 0.348 e. The standard InChI is InChI=1S/C36H44N2O9/c1-21(2)17-29-34(42)45-27(22(3)31-32(47-31)24-11-8-7-9-12-24)13-10-14-30(40)38-25(18-23-15-16-28(44-6)26(39)19-23)33(41)37-20-36(4,5)35(43)46-29/h7-13,15-16,19,21,25,27,29,31-32,39H,3,14,17-18,20H2,1-2,4-6H3,(H,37,41)(H,38,40). The molecule has 5 unspecified atom stereocenters. The highest BCUT2D eigenvalue weighted by atomic mass is 16.6. The normalized spacial score (nSPS) is 25.3. The Balaban J connectivity index is 1.61. The van der Waals surface area contributed by atoms with Crippen LogP contribution >= 0.6 is 0 Å². The number of cyclic esters (lactones) is 2. The van der Waals surface area contributed by atoms with Crippen molar-refractivity contribution in [2.24, 2.45) is 11.3 Å². The molecule has 2 aromatic rings. The van der Waals surface area contributed by atoms with Crippen molar-refractivity contribution in [3.05, 3.63) is 84.0 Å². The van der Waals surface area contributed by atoms with E-state index in [1.807, 2.05) is 44.2 Å². The van der Waals surface area contributed by atoms with E-state index in [1.54, 1.807) is 32.1 Å². The first-order valence-corrected chi connectivity index (χ1v) is 15.7. The molecule has 1 saturated heterocycles. The summed E-state index contributed by atoms with van der Waals surface area (Å²) in [5, 5.41) is 15.7. The van der Waals surface area contributed by atoms with Crippen LogP contribution in [0.5, 0.6) is 11.5 Å². The van der Waals surface area contributed by atoms with Crippen LogP contribution in [-0.4, -0.2) is 66.9 Å². The maximum absolute atomic E-state index is 13.5. The number of nitrogens with one attached hydrogen (secondary N) is 2. The Hall–Kier alpha value is -4.64. The van der Waals surface area contributed by atoms with E-state index in [9.17, 15) is 24.3 Å². The van der Waals surface area contributed by atoms with Gasteiger partial charge in [-0.15, -0.1) is 0 Å². The van der Waals surface area contributed by atoms with Crippen LogP contribution in [0.4, 0.5) is 0 Å². The number of phenols is 1. The second kappa shape index (κ2) is 15.3. The number of carbonyl (C=O) groups is 4. The topological polar surface area (TPSA) is 153 Å². The summed E-state index contributed by atoms with van der Waals surface area (Å²) in [7, 11) is 1.43. The first kappa shape index (κ1) is 35.2. The summed E-state index contributed by atoms with van der Waals surface area (Å²) in [6, 6.07) is 13.2. The SMILES string of the molecule is C=C(C1C=CCC(=O)NC(Cc2ccc(OC)c(O)c2)C(=O)NCC(C)(C)C(=O)OC(CC(C)C)C(=O)O1)C1OC1c1ccccc1. The fourth-order valence-electron chi connectivity index (χ4n) is 5.16. The van der Waals surface area contributed by atoms with Crippen molar-refractivity contribution >= 4 is 23.8 Å². The van der Waals surface area contributed by atoms with Crippen molar-refractivity contribution in [1.82, 2.24) is 10.6 Å². The van der Waals surface area contributed by atoms with Gasteiger partial charge in [-0.05, 0) is 61.1 Å². The van der Waals surface area contributed by atoms with Crippen LogP contribution in [0, 0.1) is 11.3 Å². The highest BCUT2D eigenvalue weighted by Crippen LogP contribution is 2.44. The molecule has 2 aliphatic rings. The molecule has 47 heavy (non-hydrogen) atoms. The highest BCUT2D eigenvalue weighted by Gasteiger charge is 2.45. The van der Waals surface area contributed by atoms with E-state index < -0.39 is 53.5 Å². The van der Waals surface area contributed by atoms with E-state index in [4.69, 9.17) is 18.9 Å². The fraction of sp³-hybridized carbons (Fsp3) is 0.444. The van der Waals surface area contributed by atoms with Gasteiger partial charge in [0.2, 0.25) is 11.8 Å². The number of esters is 2. The lowest BCUT2D eigenvalue weighted by molar-refractivity contribution is -0.175. The number of aromatic hydroxyl groups is 1. The average molecular weight is 649 g/mol. The number of carbonyl (C=O) groups excluding carboxylic acids is 4. The Kier molecular flexibility index (Phi) is 11.5. The molecular weight excluding hydrogens is 604 g/mol. The van der Waals surface area contributed by atoms with Gasteiger partial charge in [0.1, 0.15) is 24.4 Å². The molecule has 0 bridgehead atoms. The van der Waals surface area contributed by atoms with E-state index in [2.05, 4.69) is 17.2 Å². The molecule has 0 aromatic heterocycles. The number of ether oxygens (including phenoxy) is 4. The van der Waals surface area contributed by atoms with Gasteiger partial charge in [0, 0.05) is 19.4 Å². The van der Waals surface area contributed by atoms with Crippen LogP contribution in [0.25, 0.3) is 0 Å². The maximum Gasteiger partial charge on any atom is 0.348 e. The van der Waals surface area contributed by atoms with Gasteiger partial charge >= 0.3 is 11.9 Å². The molecular formula is C36H44N2O9. The molecule has 252 valence electrons. The number of amides is 2. The quantitative estimate of drug-likeness (QED) is 0.218. The van der Waals surface area contributed by atoms with Crippen molar-refractivity contribution in [2.45, 2.75) is 77.4 Å². The zero-order valence-corrected chi connectivity index (χ0v) is 27.5. The molecule has 5 atom stereocenters. The third-order valence-electron chi connectivity index (χ3n) is 8.00. The third kappa shape index (κ3) is 9.45. The summed E-state index contributed by atoms with van der Waals surface area (Å²) in [6.07, 6.45) is 0.318. The van der Waals surface area contributed by atoms with Crippen LogP contribution in [-0.2, 0) is 39.8 Å². The largest absolute Gasteiger partial charge is 0.504 e. The first-order chi connectivity index (χ1) is 22.3.